The zero-order valence-corrected chi connectivity index (χ0v) is 12.2. The van der Waals surface area contributed by atoms with Gasteiger partial charge in [0.2, 0.25) is 0 Å². The largest absolute Gasteiger partial charge is 0.398 e. The Morgan fingerprint density at radius 3 is 2.82 bits per heavy atom. The molecule has 0 unspecified atom stereocenters. The van der Waals surface area contributed by atoms with Gasteiger partial charge in [-0.1, -0.05) is 0 Å². The molecule has 5 heteroatoms. The molecule has 1 heterocycles. The Bertz CT molecular complexity index is 537. The highest BCUT2D eigenvalue weighted by atomic mass is 79.9. The van der Waals surface area contributed by atoms with Gasteiger partial charge in [0.05, 0.1) is 11.6 Å². The first-order valence-corrected chi connectivity index (χ1v) is 6.88. The third-order valence-corrected chi connectivity index (χ3v) is 4.05. The standard InChI is InChI=1S/C12H14BrN3S/c1-7-3-12(10(13)4-11(7)14)16-6-9-5-15-8(2)17-9/h3-5,16H,6,14H2,1-2H3. The number of halogens is 1. The van der Waals surface area contributed by atoms with Crippen LogP contribution in [-0.4, -0.2) is 4.98 Å². The molecule has 3 nitrogen and oxygen atoms in total. The van der Waals surface area contributed by atoms with Crippen LogP contribution < -0.4 is 11.1 Å². The van der Waals surface area contributed by atoms with E-state index in [4.69, 9.17) is 5.73 Å². The number of nitrogens with zero attached hydrogens (tertiary/aromatic N) is 1. The molecule has 17 heavy (non-hydrogen) atoms. The van der Waals surface area contributed by atoms with Crippen molar-refractivity contribution >= 4 is 38.6 Å². The van der Waals surface area contributed by atoms with Gasteiger partial charge in [-0.25, -0.2) is 4.98 Å². The van der Waals surface area contributed by atoms with E-state index in [9.17, 15) is 0 Å². The maximum atomic E-state index is 5.83. The summed E-state index contributed by atoms with van der Waals surface area (Å²) in [6.45, 7) is 4.80. The Labute approximate surface area is 113 Å². The molecule has 2 rings (SSSR count). The summed E-state index contributed by atoms with van der Waals surface area (Å²) in [5.74, 6) is 0. The van der Waals surface area contributed by atoms with E-state index in [2.05, 4.69) is 26.2 Å². The van der Waals surface area contributed by atoms with Gasteiger partial charge in [0.1, 0.15) is 0 Å². The summed E-state index contributed by atoms with van der Waals surface area (Å²) in [6, 6.07) is 3.98. The number of anilines is 2. The summed E-state index contributed by atoms with van der Waals surface area (Å²) < 4.78 is 0.988. The van der Waals surface area contributed by atoms with E-state index < -0.39 is 0 Å². The maximum Gasteiger partial charge on any atom is 0.0897 e. The van der Waals surface area contributed by atoms with Crippen molar-refractivity contribution in [2.45, 2.75) is 20.4 Å². The van der Waals surface area contributed by atoms with Crippen LogP contribution in [-0.2, 0) is 6.54 Å². The number of aromatic nitrogens is 1. The fraction of sp³-hybridized carbons (Fsp3) is 0.250. The van der Waals surface area contributed by atoms with Crippen molar-refractivity contribution in [3.63, 3.8) is 0 Å². The van der Waals surface area contributed by atoms with Crippen LogP contribution in [0.4, 0.5) is 11.4 Å². The highest BCUT2D eigenvalue weighted by molar-refractivity contribution is 9.10. The highest BCUT2D eigenvalue weighted by Crippen LogP contribution is 2.28. The molecule has 0 radical (unpaired) electrons. The average molecular weight is 312 g/mol. The number of nitrogen functional groups attached to an aromatic ring is 1. The third-order valence-electron chi connectivity index (χ3n) is 2.48. The minimum atomic E-state index is 0.785. The van der Waals surface area contributed by atoms with E-state index in [1.54, 1.807) is 11.3 Å². The Balaban J connectivity index is 2.11. The van der Waals surface area contributed by atoms with E-state index in [-0.39, 0.29) is 0 Å². The van der Waals surface area contributed by atoms with Crippen LogP contribution in [0.25, 0.3) is 0 Å². The van der Waals surface area contributed by atoms with E-state index in [1.807, 2.05) is 32.2 Å². The Kier molecular flexibility index (Phi) is 3.69. The number of aryl methyl sites for hydroxylation is 2. The molecule has 1 aromatic heterocycles. The van der Waals surface area contributed by atoms with Gasteiger partial charge in [-0.15, -0.1) is 11.3 Å². The van der Waals surface area contributed by atoms with Crippen LogP contribution in [0.2, 0.25) is 0 Å². The molecule has 0 fully saturated rings. The molecule has 0 aliphatic heterocycles. The number of benzene rings is 1. The Morgan fingerprint density at radius 1 is 1.41 bits per heavy atom. The molecule has 0 aliphatic carbocycles. The van der Waals surface area contributed by atoms with Crippen molar-refractivity contribution in [1.29, 1.82) is 0 Å². The van der Waals surface area contributed by atoms with Crippen molar-refractivity contribution < 1.29 is 0 Å². The van der Waals surface area contributed by atoms with Crippen LogP contribution in [0.1, 0.15) is 15.4 Å². The van der Waals surface area contributed by atoms with E-state index in [1.165, 1.54) is 4.88 Å². The molecule has 0 spiro atoms. The second-order valence-electron chi connectivity index (χ2n) is 3.89. The number of hydrogen-bond donors (Lipinski definition) is 2. The quantitative estimate of drug-likeness (QED) is 0.849. The fourth-order valence-electron chi connectivity index (χ4n) is 1.50. The molecule has 0 saturated heterocycles. The van der Waals surface area contributed by atoms with Crippen LogP contribution in [0.5, 0.6) is 0 Å². The van der Waals surface area contributed by atoms with Gasteiger partial charge >= 0.3 is 0 Å². The summed E-state index contributed by atoms with van der Waals surface area (Å²) in [6.07, 6.45) is 1.91. The van der Waals surface area contributed by atoms with Gasteiger partial charge in [-0.05, 0) is 47.5 Å². The van der Waals surface area contributed by atoms with Gasteiger partial charge in [0, 0.05) is 26.9 Å². The topological polar surface area (TPSA) is 50.9 Å². The first-order valence-electron chi connectivity index (χ1n) is 5.27. The van der Waals surface area contributed by atoms with Crippen molar-refractivity contribution in [1.82, 2.24) is 4.98 Å². The summed E-state index contributed by atoms with van der Waals surface area (Å²) in [7, 11) is 0. The van der Waals surface area contributed by atoms with Crippen molar-refractivity contribution in [3.05, 3.63) is 38.3 Å². The Morgan fingerprint density at radius 2 is 2.18 bits per heavy atom. The molecule has 0 aliphatic rings. The van der Waals surface area contributed by atoms with Gasteiger partial charge in [0.15, 0.2) is 0 Å². The number of nitrogens with two attached hydrogens (primary N) is 1. The van der Waals surface area contributed by atoms with E-state index in [0.29, 0.717) is 0 Å². The number of rotatable bonds is 3. The second kappa shape index (κ2) is 5.06. The third kappa shape index (κ3) is 2.98. The van der Waals surface area contributed by atoms with Gasteiger partial charge in [-0.2, -0.15) is 0 Å². The summed E-state index contributed by atoms with van der Waals surface area (Å²) in [5, 5.41) is 4.47. The molecule has 90 valence electrons. The van der Waals surface area contributed by atoms with Crippen LogP contribution in [0, 0.1) is 13.8 Å². The molecular weight excluding hydrogens is 298 g/mol. The van der Waals surface area contributed by atoms with E-state index in [0.717, 1.165) is 33.0 Å². The predicted molar refractivity (Wildman–Crippen MR) is 77.5 cm³/mol. The normalized spacial score (nSPS) is 10.5. The molecular formula is C12H14BrN3S. The number of hydrogen-bond acceptors (Lipinski definition) is 4. The average Bonchev–Trinajstić information content (AvgIpc) is 2.68. The van der Waals surface area contributed by atoms with Gasteiger partial charge in [0.25, 0.3) is 0 Å². The Hall–Kier alpha value is -1.07. The zero-order chi connectivity index (χ0) is 12.4. The number of thiazole rings is 1. The molecule has 3 N–H and O–H groups in total. The fourth-order valence-corrected chi connectivity index (χ4v) is 2.74. The van der Waals surface area contributed by atoms with Crippen molar-refractivity contribution in [2.24, 2.45) is 0 Å². The lowest BCUT2D eigenvalue weighted by molar-refractivity contribution is 1.16. The predicted octanol–water partition coefficient (Wildman–Crippen LogP) is 3.72. The van der Waals surface area contributed by atoms with Gasteiger partial charge in [-0.3, -0.25) is 0 Å². The minimum Gasteiger partial charge on any atom is -0.398 e. The summed E-state index contributed by atoms with van der Waals surface area (Å²) in [5.41, 5.74) is 8.77. The van der Waals surface area contributed by atoms with Crippen LogP contribution in [0.3, 0.4) is 0 Å². The van der Waals surface area contributed by atoms with Gasteiger partial charge < -0.3 is 11.1 Å². The lowest BCUT2D eigenvalue weighted by Gasteiger charge is -2.10. The summed E-state index contributed by atoms with van der Waals surface area (Å²) in [4.78, 5) is 5.46. The van der Waals surface area contributed by atoms with Crippen molar-refractivity contribution in [3.8, 4) is 0 Å². The first kappa shape index (κ1) is 12.4. The first-order chi connectivity index (χ1) is 8.06. The molecule has 0 amide bonds. The SMILES string of the molecule is Cc1ncc(CNc2cc(C)c(N)cc2Br)s1. The van der Waals surface area contributed by atoms with Crippen LogP contribution in [0.15, 0.2) is 22.8 Å². The molecule has 0 saturated carbocycles. The lowest BCUT2D eigenvalue weighted by Crippen LogP contribution is -2.00. The van der Waals surface area contributed by atoms with E-state index >= 15 is 0 Å². The highest BCUT2D eigenvalue weighted by Gasteiger charge is 2.04. The number of nitrogens with one attached hydrogen (secondary N) is 1. The lowest BCUT2D eigenvalue weighted by atomic mass is 10.2. The van der Waals surface area contributed by atoms with Crippen molar-refractivity contribution in [2.75, 3.05) is 11.1 Å². The monoisotopic (exact) mass is 311 g/mol. The maximum absolute atomic E-state index is 5.83. The molecule has 2 aromatic rings. The zero-order valence-electron chi connectivity index (χ0n) is 9.75. The van der Waals surface area contributed by atoms with Crippen LogP contribution >= 0.6 is 27.3 Å². The molecule has 1 aromatic carbocycles. The second-order valence-corrected chi connectivity index (χ2v) is 6.06. The minimum absolute atomic E-state index is 0.785. The smallest absolute Gasteiger partial charge is 0.0897 e. The molecule has 0 bridgehead atoms. The molecule has 0 atom stereocenters. The summed E-state index contributed by atoms with van der Waals surface area (Å²) >= 11 is 5.21.